The zero-order chi connectivity index (χ0) is 15.8. The number of rotatable bonds is 4. The standard InChI is InChI=1S/C17H20N4O2/c1-11-17(12(2)23-20-11)15-4-3-9-21(15)10-13-5-6-16(22-13)14-7-8-18-19-14/h5-8,15H,3-4,9-10H2,1-2H3,(H,18,19)/t15-/m0/s1. The summed E-state index contributed by atoms with van der Waals surface area (Å²) in [5, 5.41) is 11.0. The van der Waals surface area contributed by atoms with Crippen molar-refractivity contribution in [1.82, 2.24) is 20.3 Å². The number of aryl methyl sites for hydroxylation is 2. The highest BCUT2D eigenvalue weighted by atomic mass is 16.5. The largest absolute Gasteiger partial charge is 0.458 e. The van der Waals surface area contributed by atoms with Crippen LogP contribution >= 0.6 is 0 Å². The van der Waals surface area contributed by atoms with E-state index in [2.05, 4.69) is 20.3 Å². The molecule has 0 aromatic carbocycles. The summed E-state index contributed by atoms with van der Waals surface area (Å²) in [5.41, 5.74) is 3.14. The lowest BCUT2D eigenvalue weighted by Gasteiger charge is -2.23. The van der Waals surface area contributed by atoms with Gasteiger partial charge in [-0.15, -0.1) is 0 Å². The lowest BCUT2D eigenvalue weighted by molar-refractivity contribution is 0.226. The maximum atomic E-state index is 5.96. The Labute approximate surface area is 134 Å². The molecule has 4 heterocycles. The molecule has 3 aromatic rings. The van der Waals surface area contributed by atoms with Crippen LogP contribution in [0.25, 0.3) is 11.5 Å². The van der Waals surface area contributed by atoms with E-state index in [1.165, 1.54) is 12.0 Å². The van der Waals surface area contributed by atoms with Gasteiger partial charge in [-0.2, -0.15) is 5.10 Å². The second-order valence-electron chi connectivity index (χ2n) is 6.10. The number of H-pyrrole nitrogens is 1. The number of nitrogens with zero attached hydrogens (tertiary/aromatic N) is 3. The predicted molar refractivity (Wildman–Crippen MR) is 84.7 cm³/mol. The van der Waals surface area contributed by atoms with Crippen molar-refractivity contribution in [2.75, 3.05) is 6.54 Å². The highest BCUT2D eigenvalue weighted by Gasteiger charge is 2.31. The van der Waals surface area contributed by atoms with Crippen molar-refractivity contribution in [3.63, 3.8) is 0 Å². The van der Waals surface area contributed by atoms with Crippen LogP contribution in [-0.4, -0.2) is 26.8 Å². The van der Waals surface area contributed by atoms with E-state index >= 15 is 0 Å². The topological polar surface area (TPSA) is 71.1 Å². The fourth-order valence-corrected chi connectivity index (χ4v) is 3.51. The van der Waals surface area contributed by atoms with Crippen LogP contribution in [0, 0.1) is 13.8 Å². The van der Waals surface area contributed by atoms with Crippen LogP contribution in [0.4, 0.5) is 0 Å². The number of nitrogens with one attached hydrogen (secondary N) is 1. The first kappa shape index (κ1) is 14.3. The fourth-order valence-electron chi connectivity index (χ4n) is 3.51. The van der Waals surface area contributed by atoms with Crippen LogP contribution in [0.15, 0.2) is 33.3 Å². The third-order valence-corrected chi connectivity index (χ3v) is 4.57. The van der Waals surface area contributed by atoms with Crippen molar-refractivity contribution in [1.29, 1.82) is 0 Å². The average molecular weight is 312 g/mol. The molecule has 4 rings (SSSR count). The molecule has 23 heavy (non-hydrogen) atoms. The van der Waals surface area contributed by atoms with Crippen LogP contribution in [0.2, 0.25) is 0 Å². The molecule has 0 aliphatic carbocycles. The summed E-state index contributed by atoms with van der Waals surface area (Å²) in [6.45, 7) is 5.87. The maximum absolute atomic E-state index is 5.96. The monoisotopic (exact) mass is 312 g/mol. The number of furan rings is 1. The normalized spacial score (nSPS) is 18.8. The average Bonchev–Trinajstić information content (AvgIpc) is 3.29. The third kappa shape index (κ3) is 2.59. The zero-order valence-electron chi connectivity index (χ0n) is 13.4. The molecule has 0 amide bonds. The molecule has 120 valence electrons. The van der Waals surface area contributed by atoms with Gasteiger partial charge in [-0.1, -0.05) is 5.16 Å². The molecule has 1 N–H and O–H groups in total. The van der Waals surface area contributed by atoms with Gasteiger partial charge in [0, 0.05) is 17.8 Å². The van der Waals surface area contributed by atoms with Crippen LogP contribution in [0.3, 0.4) is 0 Å². The molecule has 0 spiro atoms. The smallest absolute Gasteiger partial charge is 0.152 e. The molecule has 0 bridgehead atoms. The Kier molecular flexibility index (Phi) is 3.53. The van der Waals surface area contributed by atoms with Gasteiger partial charge in [0.15, 0.2) is 5.76 Å². The number of hydrogen-bond acceptors (Lipinski definition) is 5. The summed E-state index contributed by atoms with van der Waals surface area (Å²) in [7, 11) is 0. The Hall–Kier alpha value is -2.34. The van der Waals surface area contributed by atoms with Crippen molar-refractivity contribution < 1.29 is 8.94 Å². The molecule has 0 saturated carbocycles. The molecule has 3 aromatic heterocycles. The molecular weight excluding hydrogens is 292 g/mol. The van der Waals surface area contributed by atoms with Crippen LogP contribution in [0.5, 0.6) is 0 Å². The minimum Gasteiger partial charge on any atom is -0.458 e. The first-order valence-corrected chi connectivity index (χ1v) is 7.97. The molecule has 6 heteroatoms. The maximum Gasteiger partial charge on any atom is 0.152 e. The van der Waals surface area contributed by atoms with Gasteiger partial charge in [0.2, 0.25) is 0 Å². The first-order chi connectivity index (χ1) is 11.2. The third-order valence-electron chi connectivity index (χ3n) is 4.57. The summed E-state index contributed by atoms with van der Waals surface area (Å²) >= 11 is 0. The molecule has 1 atom stereocenters. The molecule has 0 radical (unpaired) electrons. The summed E-state index contributed by atoms with van der Waals surface area (Å²) in [5.74, 6) is 2.72. The lowest BCUT2D eigenvalue weighted by Crippen LogP contribution is -2.23. The van der Waals surface area contributed by atoms with E-state index in [9.17, 15) is 0 Å². The van der Waals surface area contributed by atoms with Crippen molar-refractivity contribution in [3.8, 4) is 11.5 Å². The summed E-state index contributed by atoms with van der Waals surface area (Å²) < 4.78 is 11.3. The molecule has 6 nitrogen and oxygen atoms in total. The minimum absolute atomic E-state index is 0.363. The molecule has 1 aliphatic rings. The molecule has 1 saturated heterocycles. The number of likely N-dealkylation sites (tertiary alicyclic amines) is 1. The van der Waals surface area contributed by atoms with Gasteiger partial charge in [0.25, 0.3) is 0 Å². The van der Waals surface area contributed by atoms with Crippen molar-refractivity contribution in [3.05, 3.63) is 47.2 Å². The molecule has 1 aliphatic heterocycles. The zero-order valence-corrected chi connectivity index (χ0v) is 13.4. The number of aromatic amines is 1. The van der Waals surface area contributed by atoms with Crippen LogP contribution in [0.1, 0.15) is 41.7 Å². The van der Waals surface area contributed by atoms with E-state index in [4.69, 9.17) is 8.94 Å². The van der Waals surface area contributed by atoms with Crippen LogP contribution in [-0.2, 0) is 6.54 Å². The van der Waals surface area contributed by atoms with Crippen molar-refractivity contribution in [2.45, 2.75) is 39.3 Å². The second-order valence-corrected chi connectivity index (χ2v) is 6.10. The van der Waals surface area contributed by atoms with Crippen molar-refractivity contribution in [2.24, 2.45) is 0 Å². The van der Waals surface area contributed by atoms with E-state index < -0.39 is 0 Å². The molecular formula is C17H20N4O2. The van der Waals surface area contributed by atoms with Gasteiger partial charge in [0.1, 0.15) is 17.2 Å². The molecule has 1 fully saturated rings. The first-order valence-electron chi connectivity index (χ1n) is 7.97. The van der Waals surface area contributed by atoms with Gasteiger partial charge in [-0.25, -0.2) is 0 Å². The van der Waals surface area contributed by atoms with Crippen molar-refractivity contribution >= 4 is 0 Å². The SMILES string of the molecule is Cc1noc(C)c1[C@@H]1CCCN1Cc1ccc(-c2ccn[nH]2)o1. The van der Waals surface area contributed by atoms with E-state index in [0.29, 0.717) is 6.04 Å². The van der Waals surface area contributed by atoms with E-state index in [1.54, 1.807) is 6.20 Å². The highest BCUT2D eigenvalue weighted by molar-refractivity contribution is 5.51. The number of aromatic nitrogens is 3. The highest BCUT2D eigenvalue weighted by Crippen LogP contribution is 2.36. The summed E-state index contributed by atoms with van der Waals surface area (Å²) in [6, 6.07) is 6.30. The predicted octanol–water partition coefficient (Wildman–Crippen LogP) is 3.61. The van der Waals surface area contributed by atoms with Gasteiger partial charge < -0.3 is 8.94 Å². The van der Waals surface area contributed by atoms with E-state index in [1.807, 2.05) is 32.0 Å². The van der Waals surface area contributed by atoms with E-state index in [0.717, 1.165) is 48.2 Å². The van der Waals surface area contributed by atoms with Gasteiger partial charge in [-0.05, 0) is 51.4 Å². The minimum atomic E-state index is 0.363. The number of hydrogen-bond donors (Lipinski definition) is 1. The second kappa shape index (κ2) is 5.70. The Morgan fingerprint density at radius 3 is 2.96 bits per heavy atom. The van der Waals surface area contributed by atoms with Gasteiger partial charge in [-0.3, -0.25) is 10.00 Å². The quantitative estimate of drug-likeness (QED) is 0.797. The Balaban J connectivity index is 1.54. The van der Waals surface area contributed by atoms with E-state index in [-0.39, 0.29) is 0 Å². The lowest BCUT2D eigenvalue weighted by atomic mass is 10.0. The summed E-state index contributed by atoms with van der Waals surface area (Å²) in [4.78, 5) is 2.45. The van der Waals surface area contributed by atoms with Gasteiger partial charge in [0.05, 0.1) is 12.2 Å². The Morgan fingerprint density at radius 1 is 1.30 bits per heavy atom. The summed E-state index contributed by atoms with van der Waals surface area (Å²) in [6.07, 6.45) is 4.05. The Morgan fingerprint density at radius 2 is 2.22 bits per heavy atom. The van der Waals surface area contributed by atoms with Crippen LogP contribution < -0.4 is 0 Å². The Bertz CT molecular complexity index is 768. The fraction of sp³-hybridized carbons (Fsp3) is 0.412. The van der Waals surface area contributed by atoms with Gasteiger partial charge >= 0.3 is 0 Å². The molecule has 0 unspecified atom stereocenters.